The molecule has 4 heterocycles. The van der Waals surface area contributed by atoms with Crippen LogP contribution in [0.4, 0.5) is 24.7 Å². The Labute approximate surface area is 285 Å². The van der Waals surface area contributed by atoms with E-state index in [9.17, 15) is 28.3 Å². The van der Waals surface area contributed by atoms with Gasteiger partial charge in [0.25, 0.3) is 0 Å². The van der Waals surface area contributed by atoms with Crippen LogP contribution in [0, 0.1) is 18.3 Å². The Bertz CT molecular complexity index is 2060. The van der Waals surface area contributed by atoms with Crippen molar-refractivity contribution in [3.8, 4) is 6.07 Å². The van der Waals surface area contributed by atoms with Crippen molar-refractivity contribution in [3.63, 3.8) is 0 Å². The summed E-state index contributed by atoms with van der Waals surface area (Å²) >= 11 is 1.05. The quantitative estimate of drug-likeness (QED) is 0.130. The van der Waals surface area contributed by atoms with Crippen LogP contribution in [0.3, 0.4) is 0 Å². The van der Waals surface area contributed by atoms with E-state index in [0.717, 1.165) is 65.8 Å². The van der Waals surface area contributed by atoms with E-state index in [4.69, 9.17) is 0 Å². The second-order valence-electron chi connectivity index (χ2n) is 12.3. The number of hydrogen-bond donors (Lipinski definition) is 3. The van der Waals surface area contributed by atoms with Gasteiger partial charge in [-0.1, -0.05) is 24.8 Å². The van der Waals surface area contributed by atoms with Crippen molar-refractivity contribution in [1.82, 2.24) is 19.4 Å². The number of thiophene rings is 1. The number of aliphatic hydroxyl groups is 1. The van der Waals surface area contributed by atoms with Crippen molar-refractivity contribution in [1.29, 1.82) is 5.26 Å². The smallest absolute Gasteiger partial charge is 0.392 e. The van der Waals surface area contributed by atoms with Crippen molar-refractivity contribution < 1.29 is 23.1 Å². The zero-order valence-corrected chi connectivity index (χ0v) is 27.8. The molecule has 0 radical (unpaired) electrons. The molecule has 9 nitrogen and oxygen atoms in total. The average molecular weight is 688 g/mol. The second kappa shape index (κ2) is 14.4. The minimum atomic E-state index is -4.27. The van der Waals surface area contributed by atoms with Gasteiger partial charge in [-0.15, -0.1) is 11.3 Å². The molecule has 1 aliphatic rings. The number of hydrogen-bond acceptors (Lipinski definition) is 8. The van der Waals surface area contributed by atoms with Gasteiger partial charge in [0.1, 0.15) is 28.7 Å². The van der Waals surface area contributed by atoms with Crippen LogP contribution in [-0.2, 0) is 37.3 Å². The predicted octanol–water partition coefficient (Wildman–Crippen LogP) is 6.87. The van der Waals surface area contributed by atoms with Crippen molar-refractivity contribution >= 4 is 49.9 Å². The lowest BCUT2D eigenvalue weighted by atomic mass is 10.0. The van der Waals surface area contributed by atoms with E-state index in [1.807, 2.05) is 22.8 Å². The van der Waals surface area contributed by atoms with Gasteiger partial charge in [0.2, 0.25) is 5.91 Å². The molecule has 254 valence electrons. The first-order valence-electron chi connectivity index (χ1n) is 16.0. The summed E-state index contributed by atoms with van der Waals surface area (Å²) in [6, 6.07) is 15.7. The molecule has 1 fully saturated rings. The van der Waals surface area contributed by atoms with E-state index in [1.54, 1.807) is 12.1 Å². The number of anilines is 2. The second-order valence-corrected chi connectivity index (χ2v) is 13.4. The first-order chi connectivity index (χ1) is 23.5. The van der Waals surface area contributed by atoms with Gasteiger partial charge in [-0.3, -0.25) is 9.69 Å². The van der Waals surface area contributed by atoms with Crippen molar-refractivity contribution in [2.75, 3.05) is 23.7 Å². The lowest BCUT2D eigenvalue weighted by Crippen LogP contribution is -2.39. The highest BCUT2D eigenvalue weighted by Gasteiger charge is 2.29. The third kappa shape index (κ3) is 7.77. The third-order valence-corrected chi connectivity index (χ3v) is 10.1. The third-order valence-electron chi connectivity index (χ3n) is 9.07. The molecule has 1 aliphatic heterocycles. The number of nitrogens with one attached hydrogen (secondary N) is 2. The number of likely N-dealkylation sites (tertiary alicyclic amines) is 1. The van der Waals surface area contributed by atoms with E-state index in [0.29, 0.717) is 45.9 Å². The van der Waals surface area contributed by atoms with Crippen LogP contribution in [0.1, 0.15) is 45.7 Å². The molecule has 49 heavy (non-hydrogen) atoms. The molecule has 13 heteroatoms. The fourth-order valence-electron chi connectivity index (χ4n) is 6.48. The van der Waals surface area contributed by atoms with Crippen molar-refractivity contribution in [2.24, 2.45) is 0 Å². The highest BCUT2D eigenvalue weighted by molar-refractivity contribution is 7.18. The number of aryl methyl sites for hydroxylation is 3. The maximum Gasteiger partial charge on any atom is 0.393 e. The lowest BCUT2D eigenvalue weighted by molar-refractivity contribution is -0.126. The van der Waals surface area contributed by atoms with E-state index in [1.165, 1.54) is 18.0 Å². The molecule has 1 saturated heterocycles. The van der Waals surface area contributed by atoms with Gasteiger partial charge in [-0.05, 0) is 73.2 Å². The lowest BCUT2D eigenvalue weighted by Gasteiger charge is -2.33. The Morgan fingerprint density at radius 3 is 2.65 bits per heavy atom. The molecule has 6 rings (SSSR count). The molecule has 2 aromatic carbocycles. The minimum Gasteiger partial charge on any atom is -0.392 e. The number of aliphatic hydroxyl groups excluding tert-OH is 1. The van der Waals surface area contributed by atoms with Crippen molar-refractivity contribution in [2.45, 2.75) is 64.5 Å². The first kappa shape index (κ1) is 34.1. The van der Waals surface area contributed by atoms with E-state index in [-0.39, 0.29) is 23.4 Å². The van der Waals surface area contributed by atoms with Crippen LogP contribution in [0.2, 0.25) is 0 Å². The van der Waals surface area contributed by atoms with Crippen molar-refractivity contribution in [3.05, 3.63) is 94.3 Å². The molecule has 0 aliphatic carbocycles. The summed E-state index contributed by atoms with van der Waals surface area (Å²) in [6.45, 7) is 8.38. The molecule has 1 amide bonds. The van der Waals surface area contributed by atoms with Crippen LogP contribution in [0.25, 0.3) is 21.1 Å². The maximum atomic E-state index is 12.9. The van der Waals surface area contributed by atoms with Gasteiger partial charge in [0.15, 0.2) is 0 Å². The number of carbonyl (C=O) groups excluding carboxylic acids is 1. The summed E-state index contributed by atoms with van der Waals surface area (Å²) < 4.78 is 40.9. The Morgan fingerprint density at radius 2 is 1.94 bits per heavy atom. The molecule has 3 N–H and O–H groups in total. The molecule has 3 aromatic heterocycles. The minimum absolute atomic E-state index is 0.145. The maximum absolute atomic E-state index is 12.9. The monoisotopic (exact) mass is 687 g/mol. The van der Waals surface area contributed by atoms with Crippen LogP contribution >= 0.6 is 11.3 Å². The summed E-state index contributed by atoms with van der Waals surface area (Å²) in [5.41, 5.74) is 6.01. The van der Waals surface area contributed by atoms with Gasteiger partial charge >= 0.3 is 6.18 Å². The molecule has 0 unspecified atom stereocenters. The molecular weight excluding hydrogens is 652 g/mol. The summed E-state index contributed by atoms with van der Waals surface area (Å²) in [6.07, 6.45) is -0.309. The largest absolute Gasteiger partial charge is 0.393 e. The fourth-order valence-corrected chi connectivity index (χ4v) is 7.51. The van der Waals surface area contributed by atoms with Crippen LogP contribution in [0.5, 0.6) is 0 Å². The molecule has 5 aromatic rings. The number of piperidine rings is 1. The topological polar surface area (TPSA) is 119 Å². The number of nitriles is 1. The zero-order chi connectivity index (χ0) is 34.7. The average Bonchev–Trinajstić information content (AvgIpc) is 3.66. The number of fused-ring (bicyclic) bond motifs is 2. The van der Waals surface area contributed by atoms with Gasteiger partial charge in [0, 0.05) is 59.3 Å². The number of amides is 1. The van der Waals surface area contributed by atoms with Crippen LogP contribution in [-0.4, -0.2) is 55.8 Å². The number of aromatic nitrogens is 3. The van der Waals surface area contributed by atoms with Gasteiger partial charge in [-0.25, -0.2) is 9.97 Å². The summed E-state index contributed by atoms with van der Waals surface area (Å²) in [4.78, 5) is 23.4. The van der Waals surface area contributed by atoms with Crippen LogP contribution in [0.15, 0.2) is 61.4 Å². The highest BCUT2D eigenvalue weighted by atomic mass is 32.1. The standard InChI is InChI=1S/C36H36F3N7O2S/c1-3-33(48)44-31-6-4-23(14-25(31)20-47)8-13-46-27(18-40)15-29-22(2)24(5-7-32(29)46)19-45-11-9-26(10-12-45)43-34-30-16-28(17-36(37,38)39)49-35(30)42-21-41-34/h3-7,14-16,21,26,47H,1,8-13,17,19-20H2,2H3,(H,44,48)(H,41,42,43). The summed E-state index contributed by atoms with van der Waals surface area (Å²) in [7, 11) is 0. The Kier molecular flexibility index (Phi) is 10.0. The SMILES string of the molecule is C=CC(=O)Nc1ccc(CCn2c(C#N)cc3c(C)c(CN4CCC(Nc5ncnc6sc(CC(F)(F)F)cc56)CC4)ccc32)cc1CO. The first-order valence-corrected chi connectivity index (χ1v) is 16.8. The Morgan fingerprint density at radius 1 is 1.14 bits per heavy atom. The molecule has 0 bridgehead atoms. The molecule has 0 saturated carbocycles. The van der Waals surface area contributed by atoms with E-state index < -0.39 is 12.6 Å². The highest BCUT2D eigenvalue weighted by Crippen LogP contribution is 2.34. The zero-order valence-electron chi connectivity index (χ0n) is 27.0. The number of halogens is 3. The number of nitrogens with zero attached hydrogens (tertiary/aromatic N) is 5. The molecular formula is C36H36F3N7O2S. The number of benzene rings is 2. The Balaban J connectivity index is 1.10. The molecule has 0 spiro atoms. The van der Waals surface area contributed by atoms with Crippen LogP contribution < -0.4 is 10.6 Å². The van der Waals surface area contributed by atoms with Gasteiger partial charge in [-0.2, -0.15) is 18.4 Å². The van der Waals surface area contributed by atoms with Gasteiger partial charge < -0.3 is 20.3 Å². The summed E-state index contributed by atoms with van der Waals surface area (Å²) in [5.74, 6) is 0.232. The normalized spacial score (nSPS) is 14.3. The molecule has 0 atom stereocenters. The van der Waals surface area contributed by atoms with E-state index in [2.05, 4.69) is 57.2 Å². The van der Waals surface area contributed by atoms with Gasteiger partial charge in [0.05, 0.1) is 18.4 Å². The van der Waals surface area contributed by atoms with E-state index >= 15 is 0 Å². The number of rotatable bonds is 11. The fraction of sp³-hybridized carbons (Fsp3) is 0.333. The number of carbonyl (C=O) groups is 1. The Hall–Kier alpha value is -4.77. The summed E-state index contributed by atoms with van der Waals surface area (Å²) in [5, 5.41) is 27.7. The predicted molar refractivity (Wildman–Crippen MR) is 185 cm³/mol. The number of alkyl halides is 3.